The molecule has 0 spiro atoms. The number of rotatable bonds is 4. The molecule has 23 heavy (non-hydrogen) atoms. The van der Waals surface area contributed by atoms with E-state index in [4.69, 9.17) is 0 Å². The molecule has 0 bridgehead atoms. The van der Waals surface area contributed by atoms with E-state index in [1.165, 1.54) is 11.8 Å². The number of aliphatic carboxylic acids is 1. The quantitative estimate of drug-likeness (QED) is 0.893. The fourth-order valence-corrected chi connectivity index (χ4v) is 2.93. The summed E-state index contributed by atoms with van der Waals surface area (Å²) in [4.78, 5) is 36.5. The second-order valence-electron chi connectivity index (χ2n) is 5.95. The van der Waals surface area contributed by atoms with Crippen LogP contribution in [0.2, 0.25) is 0 Å². The number of nitrogens with zero attached hydrogens (tertiary/aromatic N) is 1. The van der Waals surface area contributed by atoms with Gasteiger partial charge in [0.25, 0.3) is 0 Å². The van der Waals surface area contributed by atoms with Crippen LogP contribution in [-0.2, 0) is 14.4 Å². The second kappa shape index (κ2) is 7.26. The lowest BCUT2D eigenvalue weighted by molar-refractivity contribution is -0.147. The molecule has 1 fully saturated rings. The molecule has 0 saturated heterocycles. The Balaban J connectivity index is 2.04. The van der Waals surface area contributed by atoms with Gasteiger partial charge in [-0.05, 0) is 37.1 Å². The van der Waals surface area contributed by atoms with E-state index in [2.05, 4.69) is 5.32 Å². The minimum Gasteiger partial charge on any atom is -0.481 e. The van der Waals surface area contributed by atoms with Crippen LogP contribution in [0.1, 0.15) is 32.6 Å². The topological polar surface area (TPSA) is 86.7 Å². The van der Waals surface area contributed by atoms with Crippen LogP contribution in [0, 0.1) is 11.8 Å². The Bertz CT molecular complexity index is 597. The SMILES string of the molecule is CC(=O)N(C)c1ccc(NC(=O)C2CCCCC2C(=O)O)cc1. The molecular weight excluding hydrogens is 296 g/mol. The number of hydrogen-bond acceptors (Lipinski definition) is 3. The van der Waals surface area contributed by atoms with Crippen molar-refractivity contribution in [1.29, 1.82) is 0 Å². The van der Waals surface area contributed by atoms with E-state index in [1.807, 2.05) is 0 Å². The fourth-order valence-electron chi connectivity index (χ4n) is 2.93. The maximum absolute atomic E-state index is 12.4. The number of benzene rings is 1. The number of hydrogen-bond donors (Lipinski definition) is 2. The number of amides is 2. The number of nitrogens with one attached hydrogen (secondary N) is 1. The van der Waals surface area contributed by atoms with Crippen molar-refractivity contribution in [3.63, 3.8) is 0 Å². The van der Waals surface area contributed by atoms with E-state index in [9.17, 15) is 19.5 Å². The van der Waals surface area contributed by atoms with Crippen LogP contribution < -0.4 is 10.2 Å². The van der Waals surface area contributed by atoms with E-state index in [0.29, 0.717) is 18.5 Å². The summed E-state index contributed by atoms with van der Waals surface area (Å²) < 4.78 is 0. The van der Waals surface area contributed by atoms with Gasteiger partial charge >= 0.3 is 5.97 Å². The van der Waals surface area contributed by atoms with E-state index in [1.54, 1.807) is 31.3 Å². The molecule has 1 aromatic rings. The van der Waals surface area contributed by atoms with Gasteiger partial charge in [-0.25, -0.2) is 0 Å². The van der Waals surface area contributed by atoms with E-state index in [0.717, 1.165) is 18.5 Å². The van der Waals surface area contributed by atoms with Gasteiger partial charge in [0.15, 0.2) is 0 Å². The summed E-state index contributed by atoms with van der Waals surface area (Å²) in [5.41, 5.74) is 1.34. The zero-order valence-corrected chi connectivity index (χ0v) is 13.4. The lowest BCUT2D eigenvalue weighted by Gasteiger charge is -2.27. The summed E-state index contributed by atoms with van der Waals surface area (Å²) in [5, 5.41) is 12.0. The standard InChI is InChI=1S/C17H22N2O4/c1-11(20)19(2)13-9-7-12(8-10-13)18-16(21)14-5-3-4-6-15(14)17(22)23/h7-10,14-15H,3-6H2,1-2H3,(H,18,21)(H,22,23). The van der Waals surface area contributed by atoms with Crippen LogP contribution in [0.25, 0.3) is 0 Å². The number of carboxylic acid groups (broad SMARTS) is 1. The number of carbonyl (C=O) groups excluding carboxylic acids is 2. The summed E-state index contributed by atoms with van der Waals surface area (Å²) in [5.74, 6) is -2.31. The minimum atomic E-state index is -0.900. The third-order valence-corrected chi connectivity index (χ3v) is 4.41. The highest BCUT2D eigenvalue weighted by molar-refractivity contribution is 5.96. The summed E-state index contributed by atoms with van der Waals surface area (Å²) in [6, 6.07) is 6.91. The molecular formula is C17H22N2O4. The molecule has 0 radical (unpaired) electrons. The van der Waals surface area contributed by atoms with Gasteiger partial charge < -0.3 is 15.3 Å². The zero-order valence-electron chi connectivity index (χ0n) is 13.4. The first-order valence-corrected chi connectivity index (χ1v) is 7.78. The molecule has 2 atom stereocenters. The predicted molar refractivity (Wildman–Crippen MR) is 87.2 cm³/mol. The Labute approximate surface area is 135 Å². The smallest absolute Gasteiger partial charge is 0.307 e. The number of carbonyl (C=O) groups is 3. The Morgan fingerprint density at radius 2 is 1.65 bits per heavy atom. The van der Waals surface area contributed by atoms with Crippen molar-refractivity contribution in [3.8, 4) is 0 Å². The fraction of sp³-hybridized carbons (Fsp3) is 0.471. The van der Waals surface area contributed by atoms with Gasteiger partial charge in [-0.1, -0.05) is 12.8 Å². The maximum Gasteiger partial charge on any atom is 0.307 e. The third-order valence-electron chi connectivity index (χ3n) is 4.41. The first-order chi connectivity index (χ1) is 10.9. The first-order valence-electron chi connectivity index (χ1n) is 7.78. The lowest BCUT2D eigenvalue weighted by atomic mass is 9.78. The Morgan fingerprint density at radius 1 is 1.09 bits per heavy atom. The van der Waals surface area contributed by atoms with E-state index < -0.39 is 17.8 Å². The van der Waals surface area contributed by atoms with Gasteiger partial charge in [0.2, 0.25) is 11.8 Å². The first kappa shape index (κ1) is 17.0. The summed E-state index contributed by atoms with van der Waals surface area (Å²) in [6.45, 7) is 1.48. The Morgan fingerprint density at radius 3 is 2.17 bits per heavy atom. The van der Waals surface area contributed by atoms with Gasteiger partial charge in [-0.2, -0.15) is 0 Å². The third kappa shape index (κ3) is 4.09. The average Bonchev–Trinajstić information content (AvgIpc) is 2.54. The van der Waals surface area contributed by atoms with Crippen molar-refractivity contribution in [1.82, 2.24) is 0 Å². The minimum absolute atomic E-state index is 0.0757. The van der Waals surface area contributed by atoms with Crippen LogP contribution in [0.15, 0.2) is 24.3 Å². The lowest BCUT2D eigenvalue weighted by Crippen LogP contribution is -2.36. The van der Waals surface area contributed by atoms with Gasteiger partial charge in [0, 0.05) is 25.3 Å². The normalized spacial score (nSPS) is 20.6. The molecule has 1 aromatic carbocycles. The highest BCUT2D eigenvalue weighted by atomic mass is 16.4. The monoisotopic (exact) mass is 318 g/mol. The van der Waals surface area contributed by atoms with Gasteiger partial charge in [0.05, 0.1) is 11.8 Å². The molecule has 2 rings (SSSR count). The van der Waals surface area contributed by atoms with Gasteiger partial charge in [0.1, 0.15) is 0 Å². The van der Waals surface area contributed by atoms with Crippen LogP contribution in [0.5, 0.6) is 0 Å². The molecule has 1 saturated carbocycles. The van der Waals surface area contributed by atoms with Gasteiger partial charge in [-0.15, -0.1) is 0 Å². The van der Waals surface area contributed by atoms with Crippen molar-refractivity contribution < 1.29 is 19.5 Å². The van der Waals surface area contributed by atoms with Crippen molar-refractivity contribution in [3.05, 3.63) is 24.3 Å². The molecule has 0 aliphatic heterocycles. The maximum atomic E-state index is 12.4. The highest BCUT2D eigenvalue weighted by Crippen LogP contribution is 2.31. The largest absolute Gasteiger partial charge is 0.481 e. The molecule has 2 amide bonds. The van der Waals surface area contributed by atoms with Crippen molar-refractivity contribution in [2.45, 2.75) is 32.6 Å². The van der Waals surface area contributed by atoms with Crippen molar-refractivity contribution in [2.24, 2.45) is 11.8 Å². The predicted octanol–water partition coefficient (Wildman–Crippen LogP) is 2.50. The summed E-state index contributed by atoms with van der Waals surface area (Å²) >= 11 is 0. The summed E-state index contributed by atoms with van der Waals surface area (Å²) in [7, 11) is 1.68. The highest BCUT2D eigenvalue weighted by Gasteiger charge is 2.35. The molecule has 2 unspecified atom stereocenters. The molecule has 0 aromatic heterocycles. The van der Waals surface area contributed by atoms with E-state index in [-0.39, 0.29) is 11.8 Å². The molecule has 1 aliphatic carbocycles. The van der Waals surface area contributed by atoms with Crippen molar-refractivity contribution >= 4 is 29.2 Å². The molecule has 6 nitrogen and oxygen atoms in total. The average molecular weight is 318 g/mol. The number of carboxylic acids is 1. The van der Waals surface area contributed by atoms with E-state index >= 15 is 0 Å². The molecule has 2 N–H and O–H groups in total. The molecule has 0 heterocycles. The Kier molecular flexibility index (Phi) is 5.36. The van der Waals surface area contributed by atoms with Crippen LogP contribution in [0.3, 0.4) is 0 Å². The van der Waals surface area contributed by atoms with Crippen LogP contribution in [-0.4, -0.2) is 29.9 Å². The second-order valence-corrected chi connectivity index (χ2v) is 5.95. The molecule has 6 heteroatoms. The van der Waals surface area contributed by atoms with Crippen LogP contribution >= 0.6 is 0 Å². The Hall–Kier alpha value is -2.37. The van der Waals surface area contributed by atoms with Crippen LogP contribution in [0.4, 0.5) is 11.4 Å². The van der Waals surface area contributed by atoms with Gasteiger partial charge in [-0.3, -0.25) is 14.4 Å². The summed E-state index contributed by atoms with van der Waals surface area (Å²) in [6.07, 6.45) is 2.89. The zero-order chi connectivity index (χ0) is 17.0. The number of anilines is 2. The molecule has 124 valence electrons. The van der Waals surface area contributed by atoms with Crippen molar-refractivity contribution in [2.75, 3.05) is 17.3 Å². The molecule has 1 aliphatic rings.